The molecule has 2 heterocycles. The minimum Gasteiger partial charge on any atom is -0.389 e. The first-order chi connectivity index (χ1) is 12.2. The van der Waals surface area contributed by atoms with E-state index in [4.69, 9.17) is 9.47 Å². The number of imidazole rings is 1. The monoisotopic (exact) mass is 384 g/mol. The normalized spacial score (nSPS) is 13.5. The van der Waals surface area contributed by atoms with Crippen LogP contribution in [0.5, 0.6) is 0 Å². The number of aliphatic hydroxyl groups is 1. The van der Waals surface area contributed by atoms with Crippen LogP contribution in [0.3, 0.4) is 0 Å². The minimum absolute atomic E-state index is 0.0344. The molecule has 0 aromatic carbocycles. The molecule has 0 spiro atoms. The number of ether oxygens (including phenoxy) is 2. The van der Waals surface area contributed by atoms with Crippen molar-refractivity contribution < 1.29 is 14.6 Å². The second-order valence-electron chi connectivity index (χ2n) is 7.60. The molecule has 9 nitrogen and oxygen atoms in total. The molecule has 1 atom stereocenters. The van der Waals surface area contributed by atoms with Crippen molar-refractivity contribution in [1.29, 1.82) is 0 Å². The highest BCUT2D eigenvalue weighted by Gasteiger charge is 2.18. The molecule has 1 N–H and O–H groups in total. The largest absolute Gasteiger partial charge is 0.389 e. The van der Waals surface area contributed by atoms with E-state index < -0.39 is 25.4 Å². The van der Waals surface area contributed by atoms with Gasteiger partial charge in [-0.15, -0.1) is 0 Å². The predicted octanol–water partition coefficient (Wildman–Crippen LogP) is 0.216. The van der Waals surface area contributed by atoms with Crippen molar-refractivity contribution in [2.45, 2.75) is 45.1 Å². The van der Waals surface area contributed by atoms with E-state index in [0.29, 0.717) is 12.3 Å². The van der Waals surface area contributed by atoms with Crippen LogP contribution in [-0.2, 0) is 29.8 Å². The Morgan fingerprint density at radius 2 is 2.00 bits per heavy atom. The van der Waals surface area contributed by atoms with Crippen LogP contribution >= 0.6 is 0 Å². The highest BCUT2D eigenvalue weighted by molar-refractivity contribution is 6.76. The van der Waals surface area contributed by atoms with Crippen molar-refractivity contribution in [2.75, 3.05) is 20.3 Å². The molecule has 0 aliphatic carbocycles. The number of rotatable bonds is 9. The molecular formula is C16H28N4O5Si. The maximum atomic E-state index is 12.8. The van der Waals surface area contributed by atoms with Gasteiger partial charge in [-0.2, -0.15) is 0 Å². The molecule has 0 amide bonds. The van der Waals surface area contributed by atoms with Crippen molar-refractivity contribution in [3.05, 3.63) is 27.2 Å². The van der Waals surface area contributed by atoms with Crippen LogP contribution < -0.4 is 11.2 Å². The Hall–Kier alpha value is -1.75. The summed E-state index contributed by atoms with van der Waals surface area (Å²) in [7, 11) is 1.80. The smallest absolute Gasteiger partial charge is 0.332 e. The third kappa shape index (κ3) is 4.70. The van der Waals surface area contributed by atoms with Gasteiger partial charge in [-0.1, -0.05) is 19.6 Å². The lowest BCUT2D eigenvalue weighted by Gasteiger charge is -2.16. The second-order valence-corrected chi connectivity index (χ2v) is 13.2. The number of nitrogens with zero attached hydrogens (tertiary/aromatic N) is 4. The Balaban J connectivity index is 2.32. The van der Waals surface area contributed by atoms with Crippen LogP contribution in [0.25, 0.3) is 11.2 Å². The van der Waals surface area contributed by atoms with Crippen LogP contribution in [0.4, 0.5) is 0 Å². The summed E-state index contributed by atoms with van der Waals surface area (Å²) < 4.78 is 14.5. The maximum Gasteiger partial charge on any atom is 0.332 e. The molecule has 0 saturated heterocycles. The molecule has 2 rings (SSSR count). The topological polar surface area (TPSA) is 101 Å². The van der Waals surface area contributed by atoms with Gasteiger partial charge in [0.25, 0.3) is 5.56 Å². The third-order valence-corrected chi connectivity index (χ3v) is 5.78. The van der Waals surface area contributed by atoms with Gasteiger partial charge < -0.3 is 19.1 Å². The summed E-state index contributed by atoms with van der Waals surface area (Å²) in [5.74, 6) is 0. The van der Waals surface area contributed by atoms with E-state index in [0.717, 1.165) is 10.6 Å². The van der Waals surface area contributed by atoms with Gasteiger partial charge in [-0.05, 0) is 6.04 Å². The Kier molecular flexibility index (Phi) is 6.56. The van der Waals surface area contributed by atoms with Crippen LogP contribution in [0.1, 0.15) is 0 Å². The number of aryl methyl sites for hydroxylation is 1. The summed E-state index contributed by atoms with van der Waals surface area (Å²) in [4.78, 5) is 29.4. The fourth-order valence-electron chi connectivity index (χ4n) is 2.58. The highest BCUT2D eigenvalue weighted by Crippen LogP contribution is 2.09. The third-order valence-electron chi connectivity index (χ3n) is 4.08. The lowest BCUT2D eigenvalue weighted by atomic mass is 10.3. The first-order valence-corrected chi connectivity index (χ1v) is 12.3. The van der Waals surface area contributed by atoms with Crippen molar-refractivity contribution >= 4 is 19.2 Å². The second kappa shape index (κ2) is 8.29. The van der Waals surface area contributed by atoms with E-state index in [-0.39, 0.29) is 25.4 Å². The Labute approximate surface area is 152 Å². The maximum absolute atomic E-state index is 12.8. The molecule has 146 valence electrons. The van der Waals surface area contributed by atoms with Gasteiger partial charge >= 0.3 is 5.69 Å². The van der Waals surface area contributed by atoms with E-state index >= 15 is 0 Å². The van der Waals surface area contributed by atoms with Gasteiger partial charge in [0.05, 0.1) is 25.6 Å². The van der Waals surface area contributed by atoms with Crippen molar-refractivity contribution in [3.63, 3.8) is 0 Å². The molecule has 2 aromatic rings. The summed E-state index contributed by atoms with van der Waals surface area (Å²) in [6.07, 6.45) is 0.544. The molecule has 2 aromatic heterocycles. The lowest BCUT2D eigenvalue weighted by molar-refractivity contribution is 0.0520. The quantitative estimate of drug-likeness (QED) is 0.490. The van der Waals surface area contributed by atoms with E-state index in [2.05, 4.69) is 24.6 Å². The van der Waals surface area contributed by atoms with Crippen molar-refractivity contribution in [2.24, 2.45) is 7.05 Å². The summed E-state index contributed by atoms with van der Waals surface area (Å²) >= 11 is 0. The van der Waals surface area contributed by atoms with Crippen LogP contribution in [0.2, 0.25) is 25.7 Å². The molecule has 10 heteroatoms. The molecular weight excluding hydrogens is 356 g/mol. The summed E-state index contributed by atoms with van der Waals surface area (Å²) in [5, 5.41) is 9.91. The fraction of sp³-hybridized carbons (Fsp3) is 0.688. The van der Waals surface area contributed by atoms with Gasteiger partial charge in [-0.25, -0.2) is 9.78 Å². The van der Waals surface area contributed by atoms with E-state index in [1.807, 2.05) is 0 Å². The van der Waals surface area contributed by atoms with Gasteiger partial charge in [0.15, 0.2) is 11.2 Å². The molecule has 0 aliphatic heterocycles. The lowest BCUT2D eigenvalue weighted by Crippen LogP contribution is -2.43. The molecule has 0 saturated carbocycles. The Bertz CT molecular complexity index is 864. The van der Waals surface area contributed by atoms with Crippen LogP contribution in [0.15, 0.2) is 15.9 Å². The average Bonchev–Trinajstić information content (AvgIpc) is 2.97. The van der Waals surface area contributed by atoms with E-state index in [1.165, 1.54) is 18.0 Å². The number of aromatic nitrogens is 4. The zero-order chi connectivity index (χ0) is 19.5. The van der Waals surface area contributed by atoms with Crippen molar-refractivity contribution in [3.8, 4) is 0 Å². The standard InChI is InChI=1S/C16H28N4O5Si/c1-18-14-13(15(22)20(16(18)23)8-12(21)9-24-2)19(10-17-14)11-25-6-7-26(3,4)5/h10,12,21H,6-9,11H2,1-5H3. The van der Waals surface area contributed by atoms with Crippen LogP contribution in [-0.4, -0.2) is 58.3 Å². The molecule has 1 unspecified atom stereocenters. The molecule has 26 heavy (non-hydrogen) atoms. The summed E-state index contributed by atoms with van der Waals surface area (Å²) in [6, 6.07) is 1.02. The highest BCUT2D eigenvalue weighted by atomic mass is 28.3. The number of methoxy groups -OCH3 is 1. The van der Waals surface area contributed by atoms with E-state index in [9.17, 15) is 14.7 Å². The van der Waals surface area contributed by atoms with Crippen LogP contribution in [0, 0.1) is 0 Å². The van der Waals surface area contributed by atoms with Gasteiger partial charge in [0.2, 0.25) is 0 Å². The van der Waals surface area contributed by atoms with Gasteiger partial charge in [0.1, 0.15) is 6.73 Å². The number of hydrogen-bond donors (Lipinski definition) is 1. The number of hydrogen-bond acceptors (Lipinski definition) is 6. The number of fused-ring (bicyclic) bond motifs is 1. The first-order valence-electron chi connectivity index (χ1n) is 8.55. The summed E-state index contributed by atoms with van der Waals surface area (Å²) in [5.41, 5.74) is -0.442. The Morgan fingerprint density at radius 1 is 1.31 bits per heavy atom. The fourth-order valence-corrected chi connectivity index (χ4v) is 3.33. The zero-order valence-corrected chi connectivity index (χ0v) is 17.1. The van der Waals surface area contributed by atoms with E-state index in [1.54, 1.807) is 11.6 Å². The molecule has 0 radical (unpaired) electrons. The summed E-state index contributed by atoms with van der Waals surface area (Å²) in [6.45, 7) is 7.49. The van der Waals surface area contributed by atoms with Gasteiger partial charge in [0, 0.05) is 28.8 Å². The minimum atomic E-state index is -1.20. The zero-order valence-electron chi connectivity index (χ0n) is 16.1. The first kappa shape index (κ1) is 20.6. The SMILES string of the molecule is COCC(O)Cn1c(=O)c2c(ncn2COCC[Si](C)(C)C)n(C)c1=O. The van der Waals surface area contributed by atoms with Crippen molar-refractivity contribution in [1.82, 2.24) is 18.7 Å². The average molecular weight is 385 g/mol. The molecule has 0 aliphatic rings. The Morgan fingerprint density at radius 3 is 2.62 bits per heavy atom. The predicted molar refractivity (Wildman–Crippen MR) is 101 cm³/mol. The molecule has 0 bridgehead atoms. The van der Waals surface area contributed by atoms with Gasteiger partial charge in [-0.3, -0.25) is 13.9 Å². The number of aliphatic hydroxyl groups excluding tert-OH is 1. The molecule has 0 fully saturated rings.